The summed E-state index contributed by atoms with van der Waals surface area (Å²) in [6.07, 6.45) is 7.93. The van der Waals surface area contributed by atoms with Crippen LogP contribution >= 0.6 is 0 Å². The minimum Gasteiger partial charge on any atom is -0.392 e. The van der Waals surface area contributed by atoms with E-state index in [4.69, 9.17) is 10.5 Å². The first-order chi connectivity index (χ1) is 18.0. The van der Waals surface area contributed by atoms with Gasteiger partial charge in [0.05, 0.1) is 37.1 Å². The van der Waals surface area contributed by atoms with Crippen LogP contribution < -0.4 is 11.1 Å². The number of nitrogens with two attached hydrogens (primary N) is 1. The van der Waals surface area contributed by atoms with Crippen molar-refractivity contribution in [3.8, 4) is 22.3 Å². The summed E-state index contributed by atoms with van der Waals surface area (Å²) in [6.45, 7) is 0.516. The van der Waals surface area contributed by atoms with E-state index >= 15 is 0 Å². The van der Waals surface area contributed by atoms with Crippen molar-refractivity contribution in [2.45, 2.75) is 44.6 Å². The topological polar surface area (TPSA) is 115 Å². The highest BCUT2D eigenvalue weighted by Gasteiger charge is 2.30. The summed E-state index contributed by atoms with van der Waals surface area (Å²) in [5.74, 6) is -0.0421. The molecule has 1 fully saturated rings. The Hall–Kier alpha value is -4.01. The third kappa shape index (κ3) is 5.71. The van der Waals surface area contributed by atoms with E-state index in [9.17, 15) is 9.90 Å². The van der Waals surface area contributed by atoms with Gasteiger partial charge in [0, 0.05) is 30.6 Å². The molecule has 1 aliphatic rings. The van der Waals surface area contributed by atoms with Crippen molar-refractivity contribution in [1.29, 1.82) is 0 Å². The van der Waals surface area contributed by atoms with Gasteiger partial charge >= 0.3 is 0 Å². The fourth-order valence-electron chi connectivity index (χ4n) is 4.72. The largest absolute Gasteiger partial charge is 0.392 e. The predicted octanol–water partition coefficient (Wildman–Crippen LogP) is 4.09. The summed E-state index contributed by atoms with van der Waals surface area (Å²) in [5.41, 5.74) is 12.3. The zero-order valence-electron chi connectivity index (χ0n) is 20.8. The lowest BCUT2D eigenvalue weighted by molar-refractivity contribution is 0.0272. The minimum atomic E-state index is -0.243. The first-order valence-electron chi connectivity index (χ1n) is 12.5. The van der Waals surface area contributed by atoms with Gasteiger partial charge in [0.15, 0.2) is 0 Å². The summed E-state index contributed by atoms with van der Waals surface area (Å²) in [7, 11) is 1.84. The van der Waals surface area contributed by atoms with Gasteiger partial charge in [-0.1, -0.05) is 48.5 Å². The fourth-order valence-corrected chi connectivity index (χ4v) is 4.72. The predicted molar refractivity (Wildman–Crippen MR) is 142 cm³/mol. The van der Waals surface area contributed by atoms with E-state index in [1.807, 2.05) is 37.5 Å². The molecule has 0 aliphatic heterocycles. The van der Waals surface area contributed by atoms with Crippen LogP contribution in [0.1, 0.15) is 40.7 Å². The van der Waals surface area contributed by atoms with Gasteiger partial charge < -0.3 is 20.9 Å². The normalized spacial score (nSPS) is 17.1. The number of rotatable bonds is 8. The second-order valence-corrected chi connectivity index (χ2v) is 9.47. The molecule has 2 aromatic heterocycles. The van der Waals surface area contributed by atoms with Crippen LogP contribution in [0, 0.1) is 0 Å². The maximum atomic E-state index is 13.1. The molecule has 190 valence electrons. The second kappa shape index (κ2) is 10.9. The van der Waals surface area contributed by atoms with Gasteiger partial charge in [-0.3, -0.25) is 9.48 Å². The van der Waals surface area contributed by atoms with Gasteiger partial charge in [0.2, 0.25) is 0 Å². The van der Waals surface area contributed by atoms with Gasteiger partial charge in [0.1, 0.15) is 5.82 Å². The Balaban J connectivity index is 1.20. The Kier molecular flexibility index (Phi) is 7.30. The number of aliphatic hydroxyl groups excluding tert-OH is 1. The molecule has 37 heavy (non-hydrogen) atoms. The Morgan fingerprint density at radius 2 is 1.73 bits per heavy atom. The molecule has 4 N–H and O–H groups in total. The number of nitrogen functional groups attached to an aromatic ring is 1. The molecule has 1 saturated carbocycles. The number of carbonyl (C=O) groups is 1. The molecule has 0 radical (unpaired) electrons. The average molecular weight is 498 g/mol. The van der Waals surface area contributed by atoms with Gasteiger partial charge in [-0.2, -0.15) is 5.10 Å². The highest BCUT2D eigenvalue weighted by atomic mass is 16.5. The summed E-state index contributed by atoms with van der Waals surface area (Å²) >= 11 is 0. The number of aliphatic hydroxyl groups is 1. The van der Waals surface area contributed by atoms with Crippen LogP contribution in [0.15, 0.2) is 73.2 Å². The van der Waals surface area contributed by atoms with Gasteiger partial charge in [-0.15, -0.1) is 0 Å². The molecule has 2 atom stereocenters. The van der Waals surface area contributed by atoms with Crippen molar-refractivity contribution < 1.29 is 14.6 Å². The second-order valence-electron chi connectivity index (χ2n) is 9.47. The van der Waals surface area contributed by atoms with Gasteiger partial charge in [-0.25, -0.2) is 4.98 Å². The monoisotopic (exact) mass is 497 g/mol. The van der Waals surface area contributed by atoms with Crippen molar-refractivity contribution in [3.63, 3.8) is 0 Å². The zero-order chi connectivity index (χ0) is 25.8. The molecule has 4 aromatic rings. The first kappa shape index (κ1) is 24.7. The van der Waals surface area contributed by atoms with Crippen LogP contribution in [0.2, 0.25) is 0 Å². The number of pyridine rings is 1. The number of aromatic nitrogens is 3. The summed E-state index contributed by atoms with van der Waals surface area (Å²) in [6, 6.07) is 17.8. The maximum absolute atomic E-state index is 13.1. The van der Waals surface area contributed by atoms with Gasteiger partial charge in [-0.05, 0) is 47.6 Å². The number of aryl methyl sites for hydroxylation is 1. The van der Waals surface area contributed by atoms with E-state index in [0.29, 0.717) is 12.2 Å². The quantitative estimate of drug-likeness (QED) is 0.338. The smallest absolute Gasteiger partial charge is 0.255 e. The minimum absolute atomic E-state index is 0.0429. The molecule has 1 aliphatic carbocycles. The number of amides is 1. The molecule has 1 amide bonds. The standard InChI is InChI=1S/C29H31N5O3/c1-34-16-24(15-32-34)23-13-25(28(30)31-14-23)29(36)33-26-3-2-4-27(26)37-18-20-7-11-22(12-8-20)21-9-5-19(17-35)6-10-21/h5-16,26-27,35H,2-4,17-18H2,1H3,(H2,30,31)(H,33,36)/t26-,27-/m0/s1. The van der Waals surface area contributed by atoms with Crippen molar-refractivity contribution >= 4 is 11.7 Å². The van der Waals surface area contributed by atoms with Crippen molar-refractivity contribution in [2.24, 2.45) is 7.05 Å². The SMILES string of the molecule is Cn1cc(-c2cnc(N)c(C(=O)N[C@H]3CCC[C@@H]3OCc3ccc(-c4ccc(CO)cc4)cc3)c2)cn1. The van der Waals surface area contributed by atoms with Gasteiger partial charge in [0.25, 0.3) is 5.91 Å². The molecule has 2 aromatic carbocycles. The third-order valence-electron chi connectivity index (χ3n) is 6.86. The highest BCUT2D eigenvalue weighted by Crippen LogP contribution is 2.26. The molecule has 8 heteroatoms. The van der Waals surface area contributed by atoms with E-state index < -0.39 is 0 Å². The van der Waals surface area contributed by atoms with Crippen molar-refractivity contribution in [2.75, 3.05) is 5.73 Å². The number of carbonyl (C=O) groups excluding carboxylic acids is 1. The van der Waals surface area contributed by atoms with E-state index in [2.05, 4.69) is 39.7 Å². The van der Waals surface area contributed by atoms with E-state index in [-0.39, 0.29) is 30.5 Å². The molecule has 0 saturated heterocycles. The number of nitrogens with zero attached hydrogens (tertiary/aromatic N) is 3. The Morgan fingerprint density at radius 3 is 2.38 bits per heavy atom. The van der Waals surface area contributed by atoms with Crippen LogP contribution in [0.4, 0.5) is 5.82 Å². The van der Waals surface area contributed by atoms with E-state index in [1.165, 1.54) is 0 Å². The zero-order valence-corrected chi connectivity index (χ0v) is 20.8. The van der Waals surface area contributed by atoms with E-state index in [1.54, 1.807) is 23.1 Å². The lowest BCUT2D eigenvalue weighted by Crippen LogP contribution is -2.41. The lowest BCUT2D eigenvalue weighted by Gasteiger charge is -2.22. The maximum Gasteiger partial charge on any atom is 0.255 e. The van der Waals surface area contributed by atoms with E-state index in [0.717, 1.165) is 52.6 Å². The number of hydrogen-bond acceptors (Lipinski definition) is 6. The lowest BCUT2D eigenvalue weighted by atomic mass is 10.0. The number of nitrogens with one attached hydrogen (secondary N) is 1. The molecule has 2 heterocycles. The van der Waals surface area contributed by atoms with Crippen molar-refractivity contribution in [1.82, 2.24) is 20.1 Å². The number of hydrogen-bond donors (Lipinski definition) is 3. The van der Waals surface area contributed by atoms with Crippen molar-refractivity contribution in [3.05, 3.63) is 89.9 Å². The molecule has 0 bridgehead atoms. The Morgan fingerprint density at radius 1 is 1.03 bits per heavy atom. The number of ether oxygens (including phenoxy) is 1. The number of benzene rings is 2. The Labute approximate surface area is 216 Å². The average Bonchev–Trinajstić information content (AvgIpc) is 3.56. The molecular weight excluding hydrogens is 466 g/mol. The van der Waals surface area contributed by atoms with Crippen LogP contribution in [0.25, 0.3) is 22.3 Å². The highest BCUT2D eigenvalue weighted by molar-refractivity contribution is 5.99. The summed E-state index contributed by atoms with van der Waals surface area (Å²) in [4.78, 5) is 17.4. The number of anilines is 1. The summed E-state index contributed by atoms with van der Waals surface area (Å²) in [5, 5.41) is 16.5. The molecule has 0 unspecified atom stereocenters. The Bertz CT molecular complexity index is 1370. The van der Waals surface area contributed by atoms with Crippen LogP contribution in [-0.2, 0) is 25.0 Å². The summed E-state index contributed by atoms with van der Waals surface area (Å²) < 4.78 is 7.94. The molecule has 0 spiro atoms. The van der Waals surface area contributed by atoms with Crippen LogP contribution in [-0.4, -0.2) is 37.9 Å². The molecule has 5 rings (SSSR count). The molecular formula is C29H31N5O3. The first-order valence-corrected chi connectivity index (χ1v) is 12.5. The van der Waals surface area contributed by atoms with Crippen LogP contribution in [0.3, 0.4) is 0 Å². The third-order valence-corrected chi connectivity index (χ3v) is 6.86. The van der Waals surface area contributed by atoms with Crippen LogP contribution in [0.5, 0.6) is 0 Å². The fraction of sp³-hybridized carbons (Fsp3) is 0.276. The molecule has 8 nitrogen and oxygen atoms in total.